The predicted octanol–water partition coefficient (Wildman–Crippen LogP) is 4.71. The minimum Gasteiger partial charge on any atom is -0.474 e. The van der Waals surface area contributed by atoms with E-state index in [0.29, 0.717) is 43.8 Å². The van der Waals surface area contributed by atoms with E-state index in [0.717, 1.165) is 54.3 Å². The lowest BCUT2D eigenvalue weighted by Crippen LogP contribution is -2.42. The van der Waals surface area contributed by atoms with Crippen LogP contribution in [-0.2, 0) is 30.8 Å². The summed E-state index contributed by atoms with van der Waals surface area (Å²) in [6.07, 6.45) is 4.14. The van der Waals surface area contributed by atoms with Crippen molar-refractivity contribution in [2.45, 2.75) is 78.8 Å². The van der Waals surface area contributed by atoms with Crippen LogP contribution in [0.15, 0.2) is 30.6 Å². The normalized spacial score (nSPS) is 16.7. The van der Waals surface area contributed by atoms with E-state index in [1.807, 2.05) is 53.9 Å². The van der Waals surface area contributed by atoms with Gasteiger partial charge in [0.25, 0.3) is 0 Å². The minimum atomic E-state index is -0.729. The monoisotopic (exact) mass is 587 g/mol. The first kappa shape index (κ1) is 29.1. The molecule has 3 aliphatic heterocycles. The van der Waals surface area contributed by atoms with Gasteiger partial charge in [-0.2, -0.15) is 0 Å². The van der Waals surface area contributed by atoms with Crippen LogP contribution in [0.3, 0.4) is 0 Å². The summed E-state index contributed by atoms with van der Waals surface area (Å²) in [6, 6.07) is 6.34. The van der Waals surface area contributed by atoms with Gasteiger partial charge in [0.05, 0.1) is 36.3 Å². The van der Waals surface area contributed by atoms with Crippen LogP contribution in [0.5, 0.6) is 5.88 Å². The maximum atomic E-state index is 13.1. The lowest BCUT2D eigenvalue weighted by Gasteiger charge is -2.35. The smallest absolute Gasteiger partial charge is 0.415 e. The molecule has 228 valence electrons. The molecule has 0 spiro atoms. The lowest BCUT2D eigenvalue weighted by atomic mass is 10.0. The largest absolute Gasteiger partial charge is 0.474 e. The van der Waals surface area contributed by atoms with Crippen LogP contribution in [0.25, 0.3) is 0 Å². The van der Waals surface area contributed by atoms with Gasteiger partial charge in [-0.05, 0) is 76.8 Å². The number of rotatable bonds is 5. The number of pyridine rings is 1. The van der Waals surface area contributed by atoms with Crippen LogP contribution >= 0.6 is 0 Å². The molecule has 0 fully saturated rings. The lowest BCUT2D eigenvalue weighted by molar-refractivity contribution is 0.0350. The Kier molecular flexibility index (Phi) is 7.42. The molecule has 11 heteroatoms. The van der Waals surface area contributed by atoms with Crippen LogP contribution in [0.4, 0.5) is 27.8 Å². The first-order valence-electron chi connectivity index (χ1n) is 14.9. The topological polar surface area (TPSA) is 116 Å². The molecule has 0 bridgehead atoms. The second-order valence-electron chi connectivity index (χ2n) is 13.3. The zero-order chi connectivity index (χ0) is 30.5. The second kappa shape index (κ2) is 10.9. The van der Waals surface area contributed by atoms with Crippen molar-refractivity contribution in [1.29, 1.82) is 0 Å². The molecule has 3 aromatic rings. The first-order valence-corrected chi connectivity index (χ1v) is 14.9. The molecule has 1 amide bonds. The quantitative estimate of drug-likeness (QED) is 0.435. The van der Waals surface area contributed by atoms with Crippen LogP contribution < -0.4 is 19.9 Å². The average molecular weight is 588 g/mol. The maximum Gasteiger partial charge on any atom is 0.415 e. The number of hydrogen-bond donors (Lipinski definition) is 2. The third-order valence-corrected chi connectivity index (χ3v) is 7.83. The number of benzene rings is 1. The van der Waals surface area contributed by atoms with E-state index in [-0.39, 0.29) is 0 Å². The Morgan fingerprint density at radius 3 is 2.60 bits per heavy atom. The molecule has 0 radical (unpaired) electrons. The van der Waals surface area contributed by atoms with E-state index in [1.54, 1.807) is 4.90 Å². The number of anilines is 4. The van der Waals surface area contributed by atoms with Gasteiger partial charge < -0.3 is 24.8 Å². The van der Waals surface area contributed by atoms with Crippen molar-refractivity contribution in [3.63, 3.8) is 0 Å². The minimum absolute atomic E-state index is 0.366. The fourth-order valence-corrected chi connectivity index (χ4v) is 6.05. The van der Waals surface area contributed by atoms with Gasteiger partial charge >= 0.3 is 6.09 Å². The molecule has 5 heterocycles. The van der Waals surface area contributed by atoms with E-state index < -0.39 is 17.3 Å². The highest BCUT2D eigenvalue weighted by molar-refractivity contribution is 5.92. The number of nitrogens with one attached hydrogen (secondary N) is 1. The van der Waals surface area contributed by atoms with E-state index >= 15 is 0 Å². The number of β-amino-alcohol motifs (C(OH)–C–C–N with tert-alkyl or cyclic N) is 1. The van der Waals surface area contributed by atoms with Crippen LogP contribution in [0.2, 0.25) is 0 Å². The van der Waals surface area contributed by atoms with E-state index in [4.69, 9.17) is 14.5 Å². The number of hydrogen-bond acceptors (Lipinski definition) is 10. The number of amides is 1. The molecule has 0 atom stereocenters. The Hall–Kier alpha value is -3.96. The number of carbonyl (C=O) groups is 1. The van der Waals surface area contributed by atoms with Crippen molar-refractivity contribution in [3.8, 4) is 5.88 Å². The Morgan fingerprint density at radius 2 is 1.84 bits per heavy atom. The molecule has 1 aromatic carbocycles. The molecular weight excluding hydrogens is 546 g/mol. The number of aliphatic hydroxyl groups is 1. The van der Waals surface area contributed by atoms with Crippen molar-refractivity contribution < 1.29 is 19.4 Å². The molecule has 11 nitrogen and oxygen atoms in total. The summed E-state index contributed by atoms with van der Waals surface area (Å²) in [5.41, 5.74) is 6.73. The Balaban J connectivity index is 1.19. The standard InChI is InChI=1S/C32H41N7O4/c1-20-26(15-33-28-27(20)39(11-12-42-28)30(40)43-31(2,3)4)38-10-9-21-14-34-29(36-25(21)18-38)35-24-8-7-22-16-37(17-23(22)13-24)19-32(5,6)41/h7-8,13-15,41H,9-12,16-19H2,1-6H3,(H,34,35,36). The third kappa shape index (κ3) is 6.37. The fourth-order valence-electron chi connectivity index (χ4n) is 6.05. The number of nitrogens with zero attached hydrogens (tertiary/aromatic N) is 6. The molecule has 0 aliphatic carbocycles. The highest BCUT2D eigenvalue weighted by Crippen LogP contribution is 2.40. The van der Waals surface area contributed by atoms with E-state index in [9.17, 15) is 9.90 Å². The molecule has 6 rings (SSSR count). The number of fused-ring (bicyclic) bond motifs is 3. The molecule has 0 saturated heterocycles. The van der Waals surface area contributed by atoms with Crippen molar-refractivity contribution >= 4 is 29.1 Å². The van der Waals surface area contributed by atoms with Gasteiger partial charge in [-0.1, -0.05) is 6.07 Å². The van der Waals surface area contributed by atoms with E-state index in [1.165, 1.54) is 11.1 Å². The van der Waals surface area contributed by atoms with Gasteiger partial charge in [0.15, 0.2) is 0 Å². The molecule has 0 unspecified atom stereocenters. The first-order chi connectivity index (χ1) is 20.3. The number of carbonyl (C=O) groups excluding carboxylic acids is 1. The molecule has 43 heavy (non-hydrogen) atoms. The third-order valence-electron chi connectivity index (χ3n) is 7.83. The fraction of sp³-hybridized carbons (Fsp3) is 0.500. The van der Waals surface area contributed by atoms with Crippen LogP contribution in [0, 0.1) is 6.92 Å². The number of aromatic nitrogens is 3. The highest BCUT2D eigenvalue weighted by atomic mass is 16.6. The zero-order valence-corrected chi connectivity index (χ0v) is 25.9. The SMILES string of the molecule is Cc1c(N2CCc3cnc(Nc4ccc5c(c4)CN(CC(C)(C)O)C5)nc3C2)cnc2c1N(C(=O)OC(C)(C)C)CCO2. The zero-order valence-electron chi connectivity index (χ0n) is 25.9. The van der Waals surface area contributed by atoms with Crippen molar-refractivity contribution in [2.75, 3.05) is 41.4 Å². The molecular formula is C32H41N7O4. The summed E-state index contributed by atoms with van der Waals surface area (Å²) in [6.45, 7) is 15.7. The molecule has 2 N–H and O–H groups in total. The highest BCUT2D eigenvalue weighted by Gasteiger charge is 2.33. The predicted molar refractivity (Wildman–Crippen MR) is 165 cm³/mol. The summed E-state index contributed by atoms with van der Waals surface area (Å²) in [7, 11) is 0. The summed E-state index contributed by atoms with van der Waals surface area (Å²) < 4.78 is 11.5. The van der Waals surface area contributed by atoms with Gasteiger partial charge in [0.1, 0.15) is 17.9 Å². The van der Waals surface area contributed by atoms with Crippen LogP contribution in [0.1, 0.15) is 62.6 Å². The van der Waals surface area contributed by atoms with Crippen molar-refractivity contribution in [1.82, 2.24) is 19.9 Å². The summed E-state index contributed by atoms with van der Waals surface area (Å²) in [5.74, 6) is 0.999. The second-order valence-corrected chi connectivity index (χ2v) is 13.3. The molecule has 2 aromatic heterocycles. The molecule has 3 aliphatic rings. The van der Waals surface area contributed by atoms with Crippen LogP contribution in [-0.4, -0.2) is 68.5 Å². The number of ether oxygens (including phenoxy) is 2. The summed E-state index contributed by atoms with van der Waals surface area (Å²) >= 11 is 0. The average Bonchev–Trinajstić information content (AvgIpc) is 3.31. The van der Waals surface area contributed by atoms with Gasteiger partial charge in [0.2, 0.25) is 11.8 Å². The van der Waals surface area contributed by atoms with Crippen molar-refractivity contribution in [3.05, 3.63) is 58.5 Å². The van der Waals surface area contributed by atoms with Gasteiger partial charge in [0, 0.05) is 43.6 Å². The summed E-state index contributed by atoms with van der Waals surface area (Å²) in [4.78, 5) is 33.3. The van der Waals surface area contributed by atoms with Crippen molar-refractivity contribution in [2.24, 2.45) is 0 Å². The Bertz CT molecular complexity index is 1550. The van der Waals surface area contributed by atoms with Gasteiger partial charge in [-0.25, -0.2) is 19.7 Å². The summed E-state index contributed by atoms with van der Waals surface area (Å²) in [5, 5.41) is 13.6. The Morgan fingerprint density at radius 1 is 1.05 bits per heavy atom. The maximum absolute atomic E-state index is 13.1. The Labute approximate surface area is 252 Å². The van der Waals surface area contributed by atoms with Gasteiger partial charge in [-0.15, -0.1) is 0 Å². The van der Waals surface area contributed by atoms with Gasteiger partial charge in [-0.3, -0.25) is 9.80 Å². The van der Waals surface area contributed by atoms with E-state index in [2.05, 4.69) is 43.3 Å². The molecule has 0 saturated carbocycles.